The number of hydrogen-bond donors (Lipinski definition) is 0. The summed E-state index contributed by atoms with van der Waals surface area (Å²) in [5.41, 5.74) is 2.13. The molecule has 0 atom stereocenters. The van der Waals surface area contributed by atoms with Gasteiger partial charge in [0.2, 0.25) is 0 Å². The minimum Gasteiger partial charge on any atom is -0.237 e. The molecule has 0 aliphatic rings. The number of hydrogen-bond acceptors (Lipinski definition) is 2. The highest BCUT2D eigenvalue weighted by atomic mass is 14.8. The van der Waals surface area contributed by atoms with Crippen molar-refractivity contribution in [1.29, 1.82) is 0 Å². The number of rotatable bonds is 2. The van der Waals surface area contributed by atoms with Gasteiger partial charge in [0.15, 0.2) is 5.65 Å². The van der Waals surface area contributed by atoms with Gasteiger partial charge in [0.1, 0.15) is 0 Å². The largest absolute Gasteiger partial charge is 0.237 e. The lowest BCUT2D eigenvalue weighted by molar-refractivity contribution is 0.646. The molecule has 2 heterocycles. The summed E-state index contributed by atoms with van der Waals surface area (Å²) in [4.78, 5) is 8.51. The fraction of sp³-hybridized carbons (Fsp3) is 0.333. The van der Waals surface area contributed by atoms with Crippen LogP contribution in [-0.2, 0) is 6.42 Å². The Balaban J connectivity index is 2.41. The monoisotopic (exact) mass is 186 g/mol. The van der Waals surface area contributed by atoms with Crippen LogP contribution >= 0.6 is 0 Å². The van der Waals surface area contributed by atoms with Crippen LogP contribution in [0.4, 0.5) is 0 Å². The van der Waals surface area contributed by atoms with Gasteiger partial charge < -0.3 is 0 Å². The maximum absolute atomic E-state index is 4.32. The van der Waals surface area contributed by atoms with Gasteiger partial charge in [-0.2, -0.15) is 0 Å². The zero-order chi connectivity index (χ0) is 9.97. The summed E-state index contributed by atoms with van der Waals surface area (Å²) in [5, 5.41) is 1.13. The zero-order valence-electron chi connectivity index (χ0n) is 8.57. The van der Waals surface area contributed by atoms with E-state index in [-0.39, 0.29) is 0 Å². The van der Waals surface area contributed by atoms with Crippen molar-refractivity contribution in [3.8, 4) is 0 Å². The number of pyridine rings is 2. The summed E-state index contributed by atoms with van der Waals surface area (Å²) in [5.74, 6) is 0.672. The predicted molar refractivity (Wildman–Crippen MR) is 58.1 cm³/mol. The van der Waals surface area contributed by atoms with Gasteiger partial charge in [-0.15, -0.1) is 0 Å². The molecule has 0 radical (unpaired) electrons. The van der Waals surface area contributed by atoms with E-state index in [0.29, 0.717) is 5.92 Å². The lowest BCUT2D eigenvalue weighted by atomic mass is 10.0. The maximum Gasteiger partial charge on any atom is 0.159 e. The highest BCUT2D eigenvalue weighted by molar-refractivity contribution is 5.74. The molecule has 0 N–H and O–H groups in total. The molecule has 2 heteroatoms. The number of aromatic nitrogens is 2. The van der Waals surface area contributed by atoms with Crippen molar-refractivity contribution in [3.05, 3.63) is 36.2 Å². The van der Waals surface area contributed by atoms with Crippen molar-refractivity contribution in [2.75, 3.05) is 0 Å². The summed E-state index contributed by atoms with van der Waals surface area (Å²) in [6.07, 6.45) is 4.78. The Morgan fingerprint density at radius 1 is 1.29 bits per heavy atom. The first-order valence-electron chi connectivity index (χ1n) is 4.95. The molecule has 0 fully saturated rings. The van der Waals surface area contributed by atoms with Gasteiger partial charge in [-0.1, -0.05) is 13.8 Å². The van der Waals surface area contributed by atoms with Crippen molar-refractivity contribution in [1.82, 2.24) is 9.97 Å². The minimum atomic E-state index is 0.672. The van der Waals surface area contributed by atoms with Crippen LogP contribution in [0, 0.1) is 5.92 Å². The smallest absolute Gasteiger partial charge is 0.159 e. The standard InChI is InChI=1S/C12H14N2/c1-9(2)6-10-7-11-4-3-5-13-12(11)14-8-10/h3-5,7-9H,6H2,1-2H3. The molecular formula is C12H14N2. The van der Waals surface area contributed by atoms with Crippen LogP contribution in [0.15, 0.2) is 30.6 Å². The summed E-state index contributed by atoms with van der Waals surface area (Å²) in [6, 6.07) is 6.18. The summed E-state index contributed by atoms with van der Waals surface area (Å²) in [6.45, 7) is 4.43. The van der Waals surface area contributed by atoms with Crippen LogP contribution < -0.4 is 0 Å². The van der Waals surface area contributed by atoms with Crippen molar-refractivity contribution in [3.63, 3.8) is 0 Å². The van der Waals surface area contributed by atoms with Crippen molar-refractivity contribution >= 4 is 11.0 Å². The minimum absolute atomic E-state index is 0.672. The number of fused-ring (bicyclic) bond motifs is 1. The van der Waals surface area contributed by atoms with Gasteiger partial charge >= 0.3 is 0 Å². The van der Waals surface area contributed by atoms with Crippen LogP contribution in [0.1, 0.15) is 19.4 Å². The van der Waals surface area contributed by atoms with Crippen LogP contribution in [0.5, 0.6) is 0 Å². The molecular weight excluding hydrogens is 172 g/mol. The van der Waals surface area contributed by atoms with E-state index >= 15 is 0 Å². The Morgan fingerprint density at radius 2 is 2.14 bits per heavy atom. The van der Waals surface area contributed by atoms with Gasteiger partial charge in [-0.25, -0.2) is 9.97 Å². The number of nitrogens with zero attached hydrogens (tertiary/aromatic N) is 2. The molecule has 0 unspecified atom stereocenters. The second-order valence-electron chi connectivity index (χ2n) is 3.99. The zero-order valence-corrected chi connectivity index (χ0v) is 8.57. The fourth-order valence-electron chi connectivity index (χ4n) is 1.59. The molecule has 0 spiro atoms. The van der Waals surface area contributed by atoms with E-state index in [1.807, 2.05) is 12.3 Å². The third-order valence-electron chi connectivity index (χ3n) is 2.15. The van der Waals surface area contributed by atoms with E-state index in [9.17, 15) is 0 Å². The highest BCUT2D eigenvalue weighted by Gasteiger charge is 2.00. The molecule has 2 nitrogen and oxygen atoms in total. The normalized spacial score (nSPS) is 11.1. The molecule has 0 bridgehead atoms. The molecule has 0 aliphatic carbocycles. The maximum atomic E-state index is 4.32. The fourth-order valence-corrected chi connectivity index (χ4v) is 1.59. The van der Waals surface area contributed by atoms with Crippen molar-refractivity contribution in [2.24, 2.45) is 5.92 Å². The molecule has 0 saturated carbocycles. The third-order valence-corrected chi connectivity index (χ3v) is 2.15. The third kappa shape index (κ3) is 1.90. The SMILES string of the molecule is CC(C)Cc1cnc2ncccc2c1. The summed E-state index contributed by atoms with van der Waals surface area (Å²) < 4.78 is 0. The van der Waals surface area contributed by atoms with Crippen LogP contribution in [0.3, 0.4) is 0 Å². The lowest BCUT2D eigenvalue weighted by Gasteiger charge is -2.04. The topological polar surface area (TPSA) is 25.8 Å². The second-order valence-corrected chi connectivity index (χ2v) is 3.99. The van der Waals surface area contributed by atoms with E-state index in [0.717, 1.165) is 17.5 Å². The highest BCUT2D eigenvalue weighted by Crippen LogP contribution is 2.13. The van der Waals surface area contributed by atoms with Gasteiger partial charge in [0.05, 0.1) is 0 Å². The van der Waals surface area contributed by atoms with Gasteiger partial charge in [-0.3, -0.25) is 0 Å². The van der Waals surface area contributed by atoms with Gasteiger partial charge in [-0.05, 0) is 36.1 Å². The van der Waals surface area contributed by atoms with E-state index in [1.165, 1.54) is 5.56 Å². The molecule has 72 valence electrons. The average molecular weight is 186 g/mol. The molecule has 0 aromatic carbocycles. The summed E-state index contributed by atoms with van der Waals surface area (Å²) >= 11 is 0. The van der Waals surface area contributed by atoms with Gasteiger partial charge in [0, 0.05) is 17.8 Å². The van der Waals surface area contributed by atoms with E-state index in [4.69, 9.17) is 0 Å². The summed E-state index contributed by atoms with van der Waals surface area (Å²) in [7, 11) is 0. The Labute approximate surface area is 84.0 Å². The van der Waals surface area contributed by atoms with E-state index in [1.54, 1.807) is 6.20 Å². The van der Waals surface area contributed by atoms with Crippen molar-refractivity contribution in [2.45, 2.75) is 20.3 Å². The van der Waals surface area contributed by atoms with Crippen molar-refractivity contribution < 1.29 is 0 Å². The first-order valence-corrected chi connectivity index (χ1v) is 4.95. The first kappa shape index (κ1) is 9.13. The molecule has 0 amide bonds. The Hall–Kier alpha value is -1.44. The predicted octanol–water partition coefficient (Wildman–Crippen LogP) is 2.83. The first-order chi connectivity index (χ1) is 6.75. The quantitative estimate of drug-likeness (QED) is 0.720. The van der Waals surface area contributed by atoms with Gasteiger partial charge in [0.25, 0.3) is 0 Å². The van der Waals surface area contributed by atoms with Crippen LogP contribution in [0.2, 0.25) is 0 Å². The van der Waals surface area contributed by atoms with E-state index < -0.39 is 0 Å². The second kappa shape index (κ2) is 3.74. The molecule has 0 saturated heterocycles. The van der Waals surface area contributed by atoms with Crippen LogP contribution in [0.25, 0.3) is 11.0 Å². The molecule has 14 heavy (non-hydrogen) atoms. The molecule has 0 aliphatic heterocycles. The Kier molecular flexibility index (Phi) is 2.44. The lowest BCUT2D eigenvalue weighted by Crippen LogP contribution is -1.95. The Bertz CT molecular complexity index is 435. The molecule has 2 aromatic rings. The average Bonchev–Trinajstić information content (AvgIpc) is 2.17. The Morgan fingerprint density at radius 3 is 2.93 bits per heavy atom. The molecule has 2 rings (SSSR count). The van der Waals surface area contributed by atoms with Crippen LogP contribution in [-0.4, -0.2) is 9.97 Å². The molecule has 2 aromatic heterocycles. The van der Waals surface area contributed by atoms with E-state index in [2.05, 4.69) is 35.9 Å².